The molecule has 0 aliphatic carbocycles. The molecule has 0 N–H and O–H groups in total. The Hall–Kier alpha value is -2.33. The maximum absolute atomic E-state index is 12.4. The third-order valence-corrected chi connectivity index (χ3v) is 4.64. The van der Waals surface area contributed by atoms with Gasteiger partial charge in [0.25, 0.3) is 0 Å². The van der Waals surface area contributed by atoms with Gasteiger partial charge in [0.05, 0.1) is 5.92 Å². The number of carbonyl (C=O) groups excluding carboxylic acids is 2. The van der Waals surface area contributed by atoms with E-state index in [-0.39, 0.29) is 18.3 Å². The van der Waals surface area contributed by atoms with Crippen LogP contribution in [0.15, 0.2) is 48.5 Å². The number of halogens is 1. The minimum atomic E-state index is -0.418. The number of nitrogens with zero attached hydrogens (tertiary/aromatic N) is 1. The number of esters is 1. The molecular formula is C20H20ClNO3. The van der Waals surface area contributed by atoms with Gasteiger partial charge in [-0.15, -0.1) is 0 Å². The van der Waals surface area contributed by atoms with Crippen molar-refractivity contribution in [2.75, 3.05) is 13.1 Å². The van der Waals surface area contributed by atoms with E-state index in [9.17, 15) is 9.59 Å². The first-order valence-corrected chi connectivity index (χ1v) is 8.70. The molecule has 3 rings (SSSR count). The minimum absolute atomic E-state index is 0.00529. The predicted octanol–water partition coefficient (Wildman–Crippen LogP) is 3.65. The average molecular weight is 358 g/mol. The lowest BCUT2D eigenvalue weighted by atomic mass is 10.1. The third-order valence-electron chi connectivity index (χ3n) is 4.41. The molecule has 2 aromatic rings. The van der Waals surface area contributed by atoms with Crippen LogP contribution in [0.5, 0.6) is 5.75 Å². The summed E-state index contributed by atoms with van der Waals surface area (Å²) in [5, 5.41) is 0.598. The van der Waals surface area contributed by atoms with Gasteiger partial charge >= 0.3 is 5.97 Å². The summed E-state index contributed by atoms with van der Waals surface area (Å²) in [5.74, 6) is -0.283. The van der Waals surface area contributed by atoms with Crippen LogP contribution < -0.4 is 4.74 Å². The predicted molar refractivity (Wildman–Crippen MR) is 96.7 cm³/mol. The summed E-state index contributed by atoms with van der Waals surface area (Å²) in [6.07, 6.45) is 0.991. The zero-order chi connectivity index (χ0) is 17.8. The molecule has 0 radical (unpaired) electrons. The molecule has 0 spiro atoms. The van der Waals surface area contributed by atoms with Crippen molar-refractivity contribution in [3.63, 3.8) is 0 Å². The number of benzene rings is 2. The zero-order valence-electron chi connectivity index (χ0n) is 14.1. The fraction of sp³-hybridized carbons (Fsp3) is 0.300. The minimum Gasteiger partial charge on any atom is -0.426 e. The number of hydrogen-bond acceptors (Lipinski definition) is 3. The molecule has 5 heteroatoms. The van der Waals surface area contributed by atoms with Gasteiger partial charge in [0.1, 0.15) is 5.75 Å². The molecule has 2 aromatic carbocycles. The van der Waals surface area contributed by atoms with Crippen molar-refractivity contribution < 1.29 is 14.3 Å². The van der Waals surface area contributed by atoms with Gasteiger partial charge in [0.2, 0.25) is 5.91 Å². The van der Waals surface area contributed by atoms with Crippen LogP contribution in [0, 0.1) is 12.8 Å². The van der Waals surface area contributed by atoms with Gasteiger partial charge in [0.15, 0.2) is 0 Å². The lowest BCUT2D eigenvalue weighted by Gasteiger charge is -2.16. The zero-order valence-corrected chi connectivity index (χ0v) is 14.8. The molecule has 1 unspecified atom stereocenters. The number of carbonyl (C=O) groups is 2. The Labute approximate surface area is 152 Å². The van der Waals surface area contributed by atoms with Crippen molar-refractivity contribution in [3.05, 3.63) is 64.7 Å². The molecule has 1 aliphatic rings. The molecule has 1 fully saturated rings. The van der Waals surface area contributed by atoms with Gasteiger partial charge < -0.3 is 9.64 Å². The van der Waals surface area contributed by atoms with Crippen LogP contribution in [-0.2, 0) is 16.0 Å². The van der Waals surface area contributed by atoms with Crippen LogP contribution in [-0.4, -0.2) is 29.9 Å². The Balaban J connectivity index is 1.57. The lowest BCUT2D eigenvalue weighted by Crippen LogP contribution is -2.29. The highest BCUT2D eigenvalue weighted by atomic mass is 35.5. The van der Waals surface area contributed by atoms with E-state index in [1.165, 1.54) is 5.56 Å². The van der Waals surface area contributed by atoms with Crippen molar-refractivity contribution >= 4 is 23.5 Å². The maximum atomic E-state index is 12.4. The number of amides is 1. The van der Waals surface area contributed by atoms with Crippen molar-refractivity contribution in [1.29, 1.82) is 0 Å². The fourth-order valence-corrected chi connectivity index (χ4v) is 3.20. The molecule has 0 saturated carbocycles. The van der Waals surface area contributed by atoms with Crippen molar-refractivity contribution in [1.82, 2.24) is 4.90 Å². The van der Waals surface area contributed by atoms with E-state index in [4.69, 9.17) is 16.3 Å². The normalized spacial score (nSPS) is 17.0. The van der Waals surface area contributed by atoms with E-state index >= 15 is 0 Å². The Bertz CT molecular complexity index is 776. The Morgan fingerprint density at radius 3 is 2.72 bits per heavy atom. The van der Waals surface area contributed by atoms with Crippen LogP contribution in [0.3, 0.4) is 0 Å². The van der Waals surface area contributed by atoms with Crippen molar-refractivity contribution in [2.24, 2.45) is 5.92 Å². The van der Waals surface area contributed by atoms with E-state index in [1.54, 1.807) is 23.1 Å². The highest BCUT2D eigenvalue weighted by Gasteiger charge is 2.35. The average Bonchev–Trinajstić information content (AvgIpc) is 2.97. The molecule has 1 saturated heterocycles. The Morgan fingerprint density at radius 2 is 2.00 bits per heavy atom. The monoisotopic (exact) mass is 357 g/mol. The first-order chi connectivity index (χ1) is 12.0. The standard InChI is InChI=1S/C20H20ClNO3/c1-14-11-17(21)7-8-18(14)25-20(24)16-12-19(23)22(13-16)10-9-15-5-3-2-4-6-15/h2-8,11,16H,9-10,12-13H2,1H3. The summed E-state index contributed by atoms with van der Waals surface area (Å²) in [7, 11) is 0. The molecule has 4 nitrogen and oxygen atoms in total. The lowest BCUT2D eigenvalue weighted by molar-refractivity contribution is -0.139. The first kappa shape index (κ1) is 17.5. The van der Waals surface area contributed by atoms with Gasteiger partial charge in [-0.25, -0.2) is 0 Å². The van der Waals surface area contributed by atoms with Crippen LogP contribution in [0.2, 0.25) is 5.02 Å². The molecule has 1 heterocycles. The molecule has 1 atom stereocenters. The molecule has 0 bridgehead atoms. The van der Waals surface area contributed by atoms with Crippen LogP contribution in [0.1, 0.15) is 17.5 Å². The van der Waals surface area contributed by atoms with E-state index in [1.807, 2.05) is 37.3 Å². The molecule has 1 aliphatic heterocycles. The van der Waals surface area contributed by atoms with E-state index in [2.05, 4.69) is 0 Å². The summed E-state index contributed by atoms with van der Waals surface area (Å²) < 4.78 is 5.47. The van der Waals surface area contributed by atoms with Crippen LogP contribution >= 0.6 is 11.6 Å². The topological polar surface area (TPSA) is 46.6 Å². The smallest absolute Gasteiger partial charge is 0.316 e. The number of rotatable bonds is 5. The second kappa shape index (κ2) is 7.70. The summed E-state index contributed by atoms with van der Waals surface area (Å²) >= 11 is 5.91. The molecular weight excluding hydrogens is 338 g/mol. The highest BCUT2D eigenvalue weighted by Crippen LogP contribution is 2.25. The largest absolute Gasteiger partial charge is 0.426 e. The summed E-state index contributed by atoms with van der Waals surface area (Å²) in [5.41, 5.74) is 1.98. The maximum Gasteiger partial charge on any atom is 0.316 e. The summed E-state index contributed by atoms with van der Waals surface area (Å²) in [6, 6.07) is 15.1. The van der Waals surface area contributed by atoms with Gasteiger partial charge in [-0.2, -0.15) is 0 Å². The molecule has 0 aromatic heterocycles. The van der Waals surface area contributed by atoms with Crippen LogP contribution in [0.25, 0.3) is 0 Å². The number of hydrogen-bond donors (Lipinski definition) is 0. The van der Waals surface area contributed by atoms with E-state index < -0.39 is 5.92 Å². The Kier molecular flexibility index (Phi) is 5.39. The fourth-order valence-electron chi connectivity index (χ4n) is 2.97. The van der Waals surface area contributed by atoms with Gasteiger partial charge in [-0.3, -0.25) is 9.59 Å². The quantitative estimate of drug-likeness (QED) is 0.606. The van der Waals surface area contributed by atoms with E-state index in [0.29, 0.717) is 23.9 Å². The van der Waals surface area contributed by atoms with Gasteiger partial charge in [-0.05, 0) is 42.7 Å². The van der Waals surface area contributed by atoms with Gasteiger partial charge in [0, 0.05) is 24.5 Å². The highest BCUT2D eigenvalue weighted by molar-refractivity contribution is 6.30. The first-order valence-electron chi connectivity index (χ1n) is 8.32. The number of likely N-dealkylation sites (tertiary alicyclic amines) is 1. The molecule has 1 amide bonds. The second-order valence-corrected chi connectivity index (χ2v) is 6.74. The van der Waals surface area contributed by atoms with E-state index in [0.717, 1.165) is 12.0 Å². The van der Waals surface area contributed by atoms with Crippen molar-refractivity contribution in [2.45, 2.75) is 19.8 Å². The van der Waals surface area contributed by atoms with Crippen LogP contribution in [0.4, 0.5) is 0 Å². The Morgan fingerprint density at radius 1 is 1.24 bits per heavy atom. The number of ether oxygens (including phenoxy) is 1. The van der Waals surface area contributed by atoms with Gasteiger partial charge in [-0.1, -0.05) is 41.9 Å². The molecule has 25 heavy (non-hydrogen) atoms. The SMILES string of the molecule is Cc1cc(Cl)ccc1OC(=O)C1CC(=O)N(CCc2ccccc2)C1. The number of aryl methyl sites for hydroxylation is 1. The second-order valence-electron chi connectivity index (χ2n) is 6.31. The third kappa shape index (κ3) is 4.40. The summed E-state index contributed by atoms with van der Waals surface area (Å²) in [4.78, 5) is 26.3. The summed E-state index contributed by atoms with van der Waals surface area (Å²) in [6.45, 7) is 2.87. The van der Waals surface area contributed by atoms with Crippen molar-refractivity contribution in [3.8, 4) is 5.75 Å². The molecule has 130 valence electrons.